The zero-order valence-corrected chi connectivity index (χ0v) is 22.8. The Morgan fingerprint density at radius 3 is 2.24 bits per heavy atom. The molecule has 3 aliphatic rings. The predicted octanol–water partition coefficient (Wildman–Crippen LogP) is 6.54. The molecule has 1 aromatic carbocycles. The number of benzene rings is 1. The summed E-state index contributed by atoms with van der Waals surface area (Å²) in [5, 5.41) is 0. The second kappa shape index (κ2) is 11.6. The first-order valence-corrected chi connectivity index (χ1v) is 14.3. The van der Waals surface area contributed by atoms with Gasteiger partial charge >= 0.3 is 0 Å². The lowest BCUT2D eigenvalue weighted by molar-refractivity contribution is 0.0855. The highest BCUT2D eigenvalue weighted by Crippen LogP contribution is 2.46. The van der Waals surface area contributed by atoms with Gasteiger partial charge in [-0.05, 0) is 92.5 Å². The summed E-state index contributed by atoms with van der Waals surface area (Å²) < 4.78 is 5.64. The van der Waals surface area contributed by atoms with Crippen molar-refractivity contribution >= 4 is 11.4 Å². The molecule has 2 heterocycles. The lowest BCUT2D eigenvalue weighted by atomic mass is 9.68. The van der Waals surface area contributed by atoms with Gasteiger partial charge in [0.25, 0.3) is 0 Å². The lowest BCUT2D eigenvalue weighted by Gasteiger charge is -2.41. The molecule has 34 heavy (non-hydrogen) atoms. The Labute approximate surface area is 210 Å². The van der Waals surface area contributed by atoms with Crippen LogP contribution in [0.1, 0.15) is 90.5 Å². The molecule has 0 aromatic heterocycles. The first kappa shape index (κ1) is 25.8. The Kier molecular flexibility index (Phi) is 8.85. The minimum Gasteiger partial charge on any atom is -0.381 e. The van der Waals surface area contributed by atoms with Crippen LogP contribution >= 0.6 is 0 Å². The first-order valence-electron chi connectivity index (χ1n) is 14.3. The average molecular weight is 470 g/mol. The summed E-state index contributed by atoms with van der Waals surface area (Å²) >= 11 is 0. The summed E-state index contributed by atoms with van der Waals surface area (Å²) in [6.07, 6.45) is 10.3. The van der Waals surface area contributed by atoms with E-state index in [1.165, 1.54) is 82.6 Å². The fourth-order valence-electron chi connectivity index (χ4n) is 6.52. The average Bonchev–Trinajstić information content (AvgIpc) is 2.87. The van der Waals surface area contributed by atoms with Crippen LogP contribution in [0.3, 0.4) is 0 Å². The fraction of sp³-hybridized carbons (Fsp3) is 0.800. The summed E-state index contributed by atoms with van der Waals surface area (Å²) in [6, 6.07) is 8.05. The molecular formula is C30H51N3O. The molecule has 4 heteroatoms. The van der Waals surface area contributed by atoms with Crippen LogP contribution < -0.4 is 9.80 Å². The number of hydrogen-bond donors (Lipinski definition) is 0. The smallest absolute Gasteiger partial charge is 0.0485 e. The Morgan fingerprint density at radius 2 is 1.62 bits per heavy atom. The topological polar surface area (TPSA) is 19.0 Å². The Balaban J connectivity index is 1.53. The van der Waals surface area contributed by atoms with Crippen LogP contribution in [-0.2, 0) is 4.74 Å². The second-order valence-corrected chi connectivity index (χ2v) is 12.3. The van der Waals surface area contributed by atoms with Gasteiger partial charge in [-0.25, -0.2) is 0 Å². The van der Waals surface area contributed by atoms with Crippen molar-refractivity contribution in [1.82, 2.24) is 4.90 Å². The van der Waals surface area contributed by atoms with Gasteiger partial charge in [0.1, 0.15) is 0 Å². The summed E-state index contributed by atoms with van der Waals surface area (Å²) in [7, 11) is 2.30. The summed E-state index contributed by atoms with van der Waals surface area (Å²) in [5.74, 6) is 1.57. The second-order valence-electron chi connectivity index (χ2n) is 12.3. The van der Waals surface area contributed by atoms with E-state index in [0.717, 1.165) is 32.0 Å². The molecule has 1 aliphatic carbocycles. The maximum Gasteiger partial charge on any atom is 0.0485 e. The quantitative estimate of drug-likeness (QED) is 0.451. The van der Waals surface area contributed by atoms with Crippen LogP contribution in [0.5, 0.6) is 0 Å². The minimum absolute atomic E-state index is 0.438. The molecule has 0 bridgehead atoms. The zero-order valence-electron chi connectivity index (χ0n) is 22.8. The van der Waals surface area contributed by atoms with Crippen LogP contribution in [0.2, 0.25) is 0 Å². The van der Waals surface area contributed by atoms with E-state index in [-0.39, 0.29) is 0 Å². The molecular weight excluding hydrogens is 418 g/mol. The third kappa shape index (κ3) is 6.29. The molecule has 0 N–H and O–H groups in total. The van der Waals surface area contributed by atoms with Crippen LogP contribution in [0.25, 0.3) is 0 Å². The summed E-state index contributed by atoms with van der Waals surface area (Å²) in [6.45, 7) is 17.4. The zero-order chi connectivity index (χ0) is 24.1. The SMILES string of the molecule is CCCCN1CCN(c2ccc(N(C)C3CCOCC3)cc2C2CCC(C(C)(C)C)CC2)CC1. The maximum atomic E-state index is 5.64. The van der Waals surface area contributed by atoms with E-state index in [1.807, 2.05) is 0 Å². The van der Waals surface area contributed by atoms with Crippen molar-refractivity contribution in [3.8, 4) is 0 Å². The molecule has 2 saturated heterocycles. The predicted molar refractivity (Wildman–Crippen MR) is 146 cm³/mol. The molecule has 4 rings (SSSR count). The molecule has 0 spiro atoms. The van der Waals surface area contributed by atoms with Gasteiger partial charge in [0, 0.05) is 63.9 Å². The van der Waals surface area contributed by atoms with E-state index in [2.05, 4.69) is 67.6 Å². The number of unbranched alkanes of at least 4 members (excludes halogenated alkanes) is 1. The minimum atomic E-state index is 0.438. The van der Waals surface area contributed by atoms with Crippen molar-refractivity contribution in [2.45, 2.75) is 91.0 Å². The highest BCUT2D eigenvalue weighted by molar-refractivity contribution is 5.63. The molecule has 0 amide bonds. The molecule has 192 valence electrons. The van der Waals surface area contributed by atoms with E-state index in [9.17, 15) is 0 Å². The van der Waals surface area contributed by atoms with Gasteiger partial charge in [-0.3, -0.25) is 4.90 Å². The van der Waals surface area contributed by atoms with E-state index in [4.69, 9.17) is 4.74 Å². The number of piperazine rings is 1. The normalized spacial score (nSPS) is 25.5. The van der Waals surface area contributed by atoms with Gasteiger partial charge in [0.2, 0.25) is 0 Å². The Bertz CT molecular complexity index is 751. The molecule has 0 atom stereocenters. The fourth-order valence-corrected chi connectivity index (χ4v) is 6.52. The lowest BCUT2D eigenvalue weighted by Crippen LogP contribution is -2.47. The summed E-state index contributed by atoms with van der Waals surface area (Å²) in [5.41, 5.74) is 5.00. The van der Waals surface area contributed by atoms with Gasteiger partial charge in [-0.1, -0.05) is 34.1 Å². The highest BCUT2D eigenvalue weighted by Gasteiger charge is 2.32. The van der Waals surface area contributed by atoms with Gasteiger partial charge in [-0.2, -0.15) is 0 Å². The van der Waals surface area contributed by atoms with Crippen molar-refractivity contribution in [2.24, 2.45) is 11.3 Å². The van der Waals surface area contributed by atoms with Crippen LogP contribution in [0, 0.1) is 11.3 Å². The van der Waals surface area contributed by atoms with Gasteiger partial charge < -0.3 is 14.5 Å². The van der Waals surface area contributed by atoms with Crippen LogP contribution in [0.15, 0.2) is 18.2 Å². The Hall–Kier alpha value is -1.26. The van der Waals surface area contributed by atoms with E-state index < -0.39 is 0 Å². The number of nitrogens with zero attached hydrogens (tertiary/aromatic N) is 3. The van der Waals surface area contributed by atoms with Crippen molar-refractivity contribution in [3.63, 3.8) is 0 Å². The monoisotopic (exact) mass is 469 g/mol. The molecule has 2 aliphatic heterocycles. The number of rotatable bonds is 7. The van der Waals surface area contributed by atoms with Gasteiger partial charge in [0.15, 0.2) is 0 Å². The number of hydrogen-bond acceptors (Lipinski definition) is 4. The third-order valence-corrected chi connectivity index (χ3v) is 9.09. The number of ether oxygens (including phenoxy) is 1. The van der Waals surface area contributed by atoms with Crippen molar-refractivity contribution in [2.75, 3.05) is 62.8 Å². The van der Waals surface area contributed by atoms with E-state index in [1.54, 1.807) is 5.56 Å². The van der Waals surface area contributed by atoms with E-state index in [0.29, 0.717) is 17.4 Å². The molecule has 3 fully saturated rings. The molecule has 0 unspecified atom stereocenters. The Morgan fingerprint density at radius 1 is 0.941 bits per heavy atom. The van der Waals surface area contributed by atoms with E-state index >= 15 is 0 Å². The summed E-state index contributed by atoms with van der Waals surface area (Å²) in [4.78, 5) is 7.91. The maximum absolute atomic E-state index is 5.64. The molecule has 1 aromatic rings. The van der Waals surface area contributed by atoms with Gasteiger partial charge in [-0.15, -0.1) is 0 Å². The number of anilines is 2. The third-order valence-electron chi connectivity index (χ3n) is 9.09. The molecule has 1 saturated carbocycles. The van der Waals surface area contributed by atoms with Gasteiger partial charge in [0.05, 0.1) is 0 Å². The van der Waals surface area contributed by atoms with Crippen molar-refractivity contribution in [3.05, 3.63) is 23.8 Å². The molecule has 4 nitrogen and oxygen atoms in total. The van der Waals surface area contributed by atoms with Crippen LogP contribution in [-0.4, -0.2) is 63.9 Å². The molecule has 0 radical (unpaired) electrons. The van der Waals surface area contributed by atoms with Crippen molar-refractivity contribution in [1.29, 1.82) is 0 Å². The first-order chi connectivity index (χ1) is 16.4. The highest BCUT2D eigenvalue weighted by atomic mass is 16.5. The standard InChI is InChI=1S/C30H51N3O/c1-6-7-16-32-17-19-33(20-18-32)29-13-12-27(31(5)26-14-21-34-22-15-26)23-28(29)24-8-10-25(11-9-24)30(2,3)4/h12-13,23-26H,6-11,14-22H2,1-5H3. The van der Waals surface area contributed by atoms with Crippen LogP contribution in [0.4, 0.5) is 11.4 Å². The largest absolute Gasteiger partial charge is 0.381 e. The van der Waals surface area contributed by atoms with Crippen molar-refractivity contribution < 1.29 is 4.74 Å².